The molecule has 2 aromatic rings. The lowest BCUT2D eigenvalue weighted by molar-refractivity contribution is -0.135. The highest BCUT2D eigenvalue weighted by molar-refractivity contribution is 6.02. The number of benzene rings is 1. The smallest absolute Gasteiger partial charge is 0.276 e. The molecule has 1 aromatic heterocycles. The maximum absolute atomic E-state index is 12.5. The molecule has 0 unspecified atom stereocenters. The van der Waals surface area contributed by atoms with Crippen molar-refractivity contribution in [1.29, 1.82) is 0 Å². The van der Waals surface area contributed by atoms with Crippen LogP contribution in [0.2, 0.25) is 0 Å². The molecule has 2 aliphatic heterocycles. The zero-order valence-electron chi connectivity index (χ0n) is 14.1. The van der Waals surface area contributed by atoms with Crippen LogP contribution in [0.3, 0.4) is 0 Å². The summed E-state index contributed by atoms with van der Waals surface area (Å²) >= 11 is 0. The lowest BCUT2D eigenvalue weighted by Crippen LogP contribution is -2.47. The van der Waals surface area contributed by atoms with E-state index in [1.54, 1.807) is 15.6 Å². The van der Waals surface area contributed by atoms with Crippen molar-refractivity contribution in [2.24, 2.45) is 0 Å². The van der Waals surface area contributed by atoms with Gasteiger partial charge in [0.25, 0.3) is 5.91 Å². The summed E-state index contributed by atoms with van der Waals surface area (Å²) in [6, 6.07) is 10.5. The number of hydrogen-bond acceptors (Lipinski definition) is 4. The number of rotatable bonds is 3. The molecule has 1 fully saturated rings. The van der Waals surface area contributed by atoms with E-state index in [2.05, 4.69) is 15.7 Å². The first-order valence-corrected chi connectivity index (χ1v) is 8.61. The third-order valence-corrected chi connectivity index (χ3v) is 4.67. The Bertz CT molecular complexity index is 861. The van der Waals surface area contributed by atoms with Crippen molar-refractivity contribution in [3.8, 4) is 0 Å². The van der Waals surface area contributed by atoms with Crippen molar-refractivity contribution in [2.75, 3.05) is 11.9 Å². The van der Waals surface area contributed by atoms with Crippen LogP contribution < -0.4 is 10.6 Å². The van der Waals surface area contributed by atoms with Crippen LogP contribution in [0.25, 0.3) is 0 Å². The summed E-state index contributed by atoms with van der Waals surface area (Å²) in [7, 11) is 0. The van der Waals surface area contributed by atoms with Gasteiger partial charge in [0.1, 0.15) is 6.04 Å². The number of carbonyl (C=O) groups excluding carboxylic acids is 3. The summed E-state index contributed by atoms with van der Waals surface area (Å²) in [5.41, 5.74) is 1.84. The van der Waals surface area contributed by atoms with E-state index >= 15 is 0 Å². The van der Waals surface area contributed by atoms with Crippen molar-refractivity contribution < 1.29 is 14.4 Å². The van der Waals surface area contributed by atoms with Gasteiger partial charge in [0, 0.05) is 18.7 Å². The van der Waals surface area contributed by atoms with E-state index in [0.717, 1.165) is 5.69 Å². The molecular formula is C18H19N5O3. The fraction of sp³-hybridized carbons (Fsp3) is 0.333. The minimum atomic E-state index is -0.433. The second-order valence-electron chi connectivity index (χ2n) is 6.48. The van der Waals surface area contributed by atoms with Crippen molar-refractivity contribution in [3.63, 3.8) is 0 Å². The van der Waals surface area contributed by atoms with Gasteiger partial charge in [-0.3, -0.25) is 19.1 Å². The van der Waals surface area contributed by atoms with Gasteiger partial charge in [-0.15, -0.1) is 0 Å². The van der Waals surface area contributed by atoms with Gasteiger partial charge in [0.15, 0.2) is 5.69 Å². The van der Waals surface area contributed by atoms with Gasteiger partial charge in [-0.25, -0.2) is 0 Å². The molecule has 0 spiro atoms. The monoisotopic (exact) mass is 353 g/mol. The molecule has 4 rings (SSSR count). The molecule has 3 heterocycles. The lowest BCUT2D eigenvalue weighted by Gasteiger charge is -2.29. The Morgan fingerprint density at radius 2 is 2.00 bits per heavy atom. The maximum Gasteiger partial charge on any atom is 0.276 e. The van der Waals surface area contributed by atoms with Gasteiger partial charge in [0.05, 0.1) is 18.8 Å². The standard InChI is InChI=1S/C18H19N5O3/c24-16-7-6-14(20-16)18(26)22-8-9-23-13(11-22)10-15(21-23)17(25)19-12-4-2-1-3-5-12/h1-5,10,14H,6-9,11H2,(H,19,25)(H,20,24)/t14-/m0/s1. The molecule has 8 heteroatoms. The Kier molecular flexibility index (Phi) is 4.16. The van der Waals surface area contributed by atoms with E-state index in [4.69, 9.17) is 0 Å². The van der Waals surface area contributed by atoms with Crippen LogP contribution in [0.1, 0.15) is 29.0 Å². The predicted molar refractivity (Wildman–Crippen MR) is 93.2 cm³/mol. The zero-order chi connectivity index (χ0) is 18.1. The molecule has 2 aliphatic rings. The largest absolute Gasteiger partial charge is 0.344 e. The molecule has 134 valence electrons. The minimum absolute atomic E-state index is 0.0708. The van der Waals surface area contributed by atoms with Crippen molar-refractivity contribution in [2.45, 2.75) is 32.0 Å². The van der Waals surface area contributed by atoms with E-state index < -0.39 is 6.04 Å². The number of fused-ring (bicyclic) bond motifs is 1. The van der Waals surface area contributed by atoms with Crippen LogP contribution in [0, 0.1) is 0 Å². The number of para-hydroxylation sites is 1. The van der Waals surface area contributed by atoms with Crippen LogP contribution in [-0.4, -0.2) is 45.0 Å². The first-order valence-electron chi connectivity index (χ1n) is 8.61. The predicted octanol–water partition coefficient (Wildman–Crippen LogP) is 0.756. The van der Waals surface area contributed by atoms with Gasteiger partial charge in [0.2, 0.25) is 11.8 Å². The van der Waals surface area contributed by atoms with Crippen LogP contribution in [0.15, 0.2) is 36.4 Å². The van der Waals surface area contributed by atoms with Gasteiger partial charge < -0.3 is 15.5 Å². The lowest BCUT2D eigenvalue weighted by atomic mass is 10.2. The highest BCUT2D eigenvalue weighted by Gasteiger charge is 2.33. The quantitative estimate of drug-likeness (QED) is 0.851. The van der Waals surface area contributed by atoms with Gasteiger partial charge in [-0.1, -0.05) is 18.2 Å². The summed E-state index contributed by atoms with van der Waals surface area (Å²) in [5.74, 6) is -0.428. The Labute approximate surface area is 150 Å². The number of amides is 3. The number of nitrogens with zero attached hydrogens (tertiary/aromatic N) is 3. The summed E-state index contributed by atoms with van der Waals surface area (Å²) in [5, 5.41) is 9.86. The van der Waals surface area contributed by atoms with Gasteiger partial charge in [-0.05, 0) is 24.6 Å². The fourth-order valence-electron chi connectivity index (χ4n) is 3.30. The summed E-state index contributed by atoms with van der Waals surface area (Å²) < 4.78 is 1.76. The topological polar surface area (TPSA) is 96.3 Å². The number of aromatic nitrogens is 2. The molecule has 8 nitrogen and oxygen atoms in total. The molecule has 2 N–H and O–H groups in total. The van der Waals surface area contributed by atoms with Crippen molar-refractivity contribution in [1.82, 2.24) is 20.0 Å². The number of carbonyl (C=O) groups is 3. The molecule has 0 saturated carbocycles. The molecule has 26 heavy (non-hydrogen) atoms. The van der Waals surface area contributed by atoms with Gasteiger partial charge in [-0.2, -0.15) is 5.10 Å². The summed E-state index contributed by atoms with van der Waals surface area (Å²) in [6.07, 6.45) is 0.935. The highest BCUT2D eigenvalue weighted by Crippen LogP contribution is 2.18. The second kappa shape index (κ2) is 6.62. The SMILES string of the molecule is O=C1CC[C@@H](C(=O)N2CCn3nc(C(=O)Nc4ccccc4)cc3C2)N1. The average molecular weight is 353 g/mol. The minimum Gasteiger partial charge on any atom is -0.344 e. The number of nitrogens with one attached hydrogen (secondary N) is 2. The molecule has 3 amide bonds. The third-order valence-electron chi connectivity index (χ3n) is 4.67. The molecule has 1 atom stereocenters. The van der Waals surface area contributed by atoms with Crippen LogP contribution in [-0.2, 0) is 22.7 Å². The second-order valence-corrected chi connectivity index (χ2v) is 6.48. The van der Waals surface area contributed by atoms with E-state index in [1.807, 2.05) is 30.3 Å². The van der Waals surface area contributed by atoms with E-state index in [0.29, 0.717) is 43.9 Å². The number of hydrogen-bond donors (Lipinski definition) is 2. The Balaban J connectivity index is 1.44. The normalized spacial score (nSPS) is 19.0. The molecule has 0 radical (unpaired) electrons. The summed E-state index contributed by atoms with van der Waals surface area (Å²) in [4.78, 5) is 38.0. The maximum atomic E-state index is 12.5. The molecular weight excluding hydrogens is 334 g/mol. The van der Waals surface area contributed by atoms with Gasteiger partial charge >= 0.3 is 0 Å². The van der Waals surface area contributed by atoms with Crippen molar-refractivity contribution >= 4 is 23.4 Å². The molecule has 0 bridgehead atoms. The highest BCUT2D eigenvalue weighted by atomic mass is 16.2. The van der Waals surface area contributed by atoms with Crippen LogP contribution in [0.4, 0.5) is 5.69 Å². The molecule has 1 saturated heterocycles. The molecule has 1 aromatic carbocycles. The van der Waals surface area contributed by atoms with E-state index in [9.17, 15) is 14.4 Å². The van der Waals surface area contributed by atoms with Crippen LogP contribution in [0.5, 0.6) is 0 Å². The Hall–Kier alpha value is -3.16. The van der Waals surface area contributed by atoms with Crippen LogP contribution >= 0.6 is 0 Å². The van der Waals surface area contributed by atoms with Crippen molar-refractivity contribution in [3.05, 3.63) is 47.8 Å². The first-order chi connectivity index (χ1) is 12.6. The number of anilines is 1. The Morgan fingerprint density at radius 3 is 2.73 bits per heavy atom. The van der Waals surface area contributed by atoms with E-state index in [1.165, 1.54) is 0 Å². The first kappa shape index (κ1) is 16.3. The molecule has 0 aliphatic carbocycles. The zero-order valence-corrected chi connectivity index (χ0v) is 14.1. The average Bonchev–Trinajstić information content (AvgIpc) is 3.27. The van der Waals surface area contributed by atoms with E-state index in [-0.39, 0.29) is 17.7 Å². The third kappa shape index (κ3) is 3.17. The fourth-order valence-corrected chi connectivity index (χ4v) is 3.30. The Morgan fingerprint density at radius 1 is 1.19 bits per heavy atom. The summed E-state index contributed by atoms with van der Waals surface area (Å²) in [6.45, 7) is 1.43.